The average Bonchev–Trinajstić information content (AvgIpc) is 2.55. The van der Waals surface area contributed by atoms with Gasteiger partial charge in [-0.15, -0.1) is 0 Å². The van der Waals surface area contributed by atoms with E-state index < -0.39 is 6.10 Å². The SMILES string of the molecule is Cc1cc(Br)ccc1NC(=O)CNC(=O)C(C)Oc1cccc(Cl)c1. The zero-order valence-corrected chi connectivity index (χ0v) is 16.1. The Morgan fingerprint density at radius 1 is 1.24 bits per heavy atom. The van der Waals surface area contributed by atoms with Gasteiger partial charge < -0.3 is 15.4 Å². The molecular weight excluding hydrogens is 408 g/mol. The summed E-state index contributed by atoms with van der Waals surface area (Å²) in [5.74, 6) is -0.207. The minimum atomic E-state index is -0.749. The van der Waals surface area contributed by atoms with Crippen molar-refractivity contribution in [1.82, 2.24) is 5.32 Å². The molecule has 2 aromatic carbocycles. The molecule has 0 bridgehead atoms. The predicted molar refractivity (Wildman–Crippen MR) is 102 cm³/mol. The van der Waals surface area contributed by atoms with Crippen LogP contribution in [0.3, 0.4) is 0 Å². The molecule has 0 aliphatic rings. The molecule has 2 rings (SSSR count). The third-order valence-corrected chi connectivity index (χ3v) is 4.09. The summed E-state index contributed by atoms with van der Waals surface area (Å²) in [4.78, 5) is 24.0. The quantitative estimate of drug-likeness (QED) is 0.737. The van der Waals surface area contributed by atoms with Crippen LogP contribution in [-0.2, 0) is 9.59 Å². The first-order valence-corrected chi connectivity index (χ1v) is 8.78. The summed E-state index contributed by atoms with van der Waals surface area (Å²) in [5.41, 5.74) is 1.62. The number of carbonyl (C=O) groups is 2. The molecular formula is C18H18BrClN2O3. The fourth-order valence-electron chi connectivity index (χ4n) is 2.07. The monoisotopic (exact) mass is 424 g/mol. The number of nitrogens with one attached hydrogen (secondary N) is 2. The molecule has 0 heterocycles. The zero-order chi connectivity index (χ0) is 18.4. The molecule has 0 radical (unpaired) electrons. The van der Waals surface area contributed by atoms with Gasteiger partial charge in [0.1, 0.15) is 5.75 Å². The lowest BCUT2D eigenvalue weighted by molar-refractivity contribution is -0.129. The van der Waals surface area contributed by atoms with Crippen LogP contribution in [0.1, 0.15) is 12.5 Å². The summed E-state index contributed by atoms with van der Waals surface area (Å²) in [6.07, 6.45) is -0.749. The molecule has 0 saturated heterocycles. The molecule has 1 unspecified atom stereocenters. The summed E-state index contributed by atoms with van der Waals surface area (Å²) in [5, 5.41) is 5.83. The van der Waals surface area contributed by atoms with Crippen molar-refractivity contribution in [2.45, 2.75) is 20.0 Å². The second-order valence-electron chi connectivity index (χ2n) is 5.44. The summed E-state index contributed by atoms with van der Waals surface area (Å²) in [6.45, 7) is 3.35. The Labute approximate surface area is 159 Å². The molecule has 132 valence electrons. The van der Waals surface area contributed by atoms with Gasteiger partial charge in [0.15, 0.2) is 6.10 Å². The van der Waals surface area contributed by atoms with Crippen LogP contribution in [0.15, 0.2) is 46.9 Å². The van der Waals surface area contributed by atoms with Gasteiger partial charge in [0, 0.05) is 15.2 Å². The number of amides is 2. The first-order valence-electron chi connectivity index (χ1n) is 7.61. The first-order chi connectivity index (χ1) is 11.8. The van der Waals surface area contributed by atoms with Crippen LogP contribution in [0.2, 0.25) is 5.02 Å². The molecule has 5 nitrogen and oxygen atoms in total. The van der Waals surface area contributed by atoms with Gasteiger partial charge in [-0.2, -0.15) is 0 Å². The molecule has 0 aromatic heterocycles. The van der Waals surface area contributed by atoms with Gasteiger partial charge in [0.25, 0.3) is 5.91 Å². The third-order valence-electron chi connectivity index (χ3n) is 3.36. The number of carbonyl (C=O) groups excluding carboxylic acids is 2. The van der Waals surface area contributed by atoms with Crippen LogP contribution in [0.25, 0.3) is 0 Å². The Morgan fingerprint density at radius 2 is 2.00 bits per heavy atom. The number of benzene rings is 2. The van der Waals surface area contributed by atoms with Crippen molar-refractivity contribution in [3.63, 3.8) is 0 Å². The Hall–Kier alpha value is -2.05. The van der Waals surface area contributed by atoms with Crippen molar-refractivity contribution in [2.75, 3.05) is 11.9 Å². The van der Waals surface area contributed by atoms with E-state index in [2.05, 4.69) is 26.6 Å². The standard InChI is InChI=1S/C18H18BrClN2O3/c1-11-8-13(19)6-7-16(11)22-17(23)10-21-18(24)12(2)25-15-5-3-4-14(20)9-15/h3-9,12H,10H2,1-2H3,(H,21,24)(H,22,23). The third kappa shape index (κ3) is 6.07. The number of aryl methyl sites for hydroxylation is 1. The minimum absolute atomic E-state index is 0.141. The van der Waals surface area contributed by atoms with Gasteiger partial charge in [-0.25, -0.2) is 0 Å². The van der Waals surface area contributed by atoms with E-state index in [1.165, 1.54) is 0 Å². The van der Waals surface area contributed by atoms with Gasteiger partial charge in [-0.1, -0.05) is 33.6 Å². The highest BCUT2D eigenvalue weighted by Gasteiger charge is 2.16. The van der Waals surface area contributed by atoms with Gasteiger partial charge >= 0.3 is 0 Å². The van der Waals surface area contributed by atoms with Crippen molar-refractivity contribution in [2.24, 2.45) is 0 Å². The molecule has 2 N–H and O–H groups in total. The fraction of sp³-hybridized carbons (Fsp3) is 0.222. The Morgan fingerprint density at radius 3 is 2.68 bits per heavy atom. The second kappa shape index (κ2) is 8.87. The number of hydrogen-bond acceptors (Lipinski definition) is 3. The van der Waals surface area contributed by atoms with Gasteiger partial charge in [0.05, 0.1) is 6.54 Å². The molecule has 1 atom stereocenters. The highest BCUT2D eigenvalue weighted by atomic mass is 79.9. The molecule has 0 saturated carbocycles. The van der Waals surface area contributed by atoms with Crippen LogP contribution in [0.5, 0.6) is 5.75 Å². The lowest BCUT2D eigenvalue weighted by Gasteiger charge is -2.15. The summed E-state index contributed by atoms with van der Waals surface area (Å²) >= 11 is 9.24. The predicted octanol–water partition coefficient (Wildman–Crippen LogP) is 3.93. The van der Waals surface area contributed by atoms with Crippen molar-refractivity contribution in [3.8, 4) is 5.75 Å². The van der Waals surface area contributed by atoms with E-state index in [1.807, 2.05) is 19.1 Å². The van der Waals surface area contributed by atoms with E-state index >= 15 is 0 Å². The summed E-state index contributed by atoms with van der Waals surface area (Å²) < 4.78 is 6.44. The van der Waals surface area contributed by atoms with Crippen molar-refractivity contribution < 1.29 is 14.3 Å². The van der Waals surface area contributed by atoms with E-state index in [4.69, 9.17) is 16.3 Å². The number of ether oxygens (including phenoxy) is 1. The second-order valence-corrected chi connectivity index (χ2v) is 6.79. The largest absolute Gasteiger partial charge is 0.481 e. The molecule has 0 aliphatic carbocycles. The Kier molecular flexibility index (Phi) is 6.84. The van der Waals surface area contributed by atoms with Crippen LogP contribution >= 0.6 is 27.5 Å². The molecule has 0 fully saturated rings. The zero-order valence-electron chi connectivity index (χ0n) is 13.8. The lowest BCUT2D eigenvalue weighted by Crippen LogP contribution is -2.40. The maximum Gasteiger partial charge on any atom is 0.261 e. The molecule has 0 spiro atoms. The fourth-order valence-corrected chi connectivity index (χ4v) is 2.73. The number of rotatable bonds is 6. The summed E-state index contributed by atoms with van der Waals surface area (Å²) in [7, 11) is 0. The van der Waals surface area contributed by atoms with Crippen molar-refractivity contribution >= 4 is 45.0 Å². The van der Waals surface area contributed by atoms with E-state index in [0.29, 0.717) is 16.5 Å². The van der Waals surface area contributed by atoms with Gasteiger partial charge in [-0.05, 0) is 55.8 Å². The number of halogens is 2. The Balaban J connectivity index is 1.83. The normalized spacial score (nSPS) is 11.5. The van der Waals surface area contributed by atoms with Crippen molar-refractivity contribution in [3.05, 3.63) is 57.5 Å². The van der Waals surface area contributed by atoms with Crippen molar-refractivity contribution in [1.29, 1.82) is 0 Å². The average molecular weight is 426 g/mol. The highest BCUT2D eigenvalue weighted by molar-refractivity contribution is 9.10. The Bertz CT molecular complexity index is 783. The number of hydrogen-bond donors (Lipinski definition) is 2. The van der Waals surface area contributed by atoms with E-state index in [-0.39, 0.29) is 18.4 Å². The minimum Gasteiger partial charge on any atom is -0.481 e. The maximum atomic E-state index is 12.0. The molecule has 2 aromatic rings. The van der Waals surface area contributed by atoms with E-state index in [1.54, 1.807) is 37.3 Å². The van der Waals surface area contributed by atoms with Gasteiger partial charge in [-0.3, -0.25) is 9.59 Å². The molecule has 25 heavy (non-hydrogen) atoms. The molecule has 2 amide bonds. The van der Waals surface area contributed by atoms with Crippen LogP contribution < -0.4 is 15.4 Å². The van der Waals surface area contributed by atoms with Crippen LogP contribution in [0.4, 0.5) is 5.69 Å². The smallest absolute Gasteiger partial charge is 0.261 e. The molecule has 7 heteroatoms. The van der Waals surface area contributed by atoms with E-state index in [9.17, 15) is 9.59 Å². The number of anilines is 1. The maximum absolute atomic E-state index is 12.0. The van der Waals surface area contributed by atoms with E-state index in [0.717, 1.165) is 10.0 Å². The topological polar surface area (TPSA) is 67.4 Å². The van der Waals surface area contributed by atoms with Crippen LogP contribution in [0, 0.1) is 6.92 Å². The highest BCUT2D eigenvalue weighted by Crippen LogP contribution is 2.20. The summed E-state index contributed by atoms with van der Waals surface area (Å²) in [6, 6.07) is 12.3. The first kappa shape index (κ1) is 19.3. The van der Waals surface area contributed by atoms with Gasteiger partial charge in [0.2, 0.25) is 5.91 Å². The lowest BCUT2D eigenvalue weighted by atomic mass is 10.2. The van der Waals surface area contributed by atoms with Crippen LogP contribution in [-0.4, -0.2) is 24.5 Å². The molecule has 0 aliphatic heterocycles.